The minimum Gasteiger partial charge on any atom is -0.444 e. The molecule has 0 aromatic carbocycles. The lowest BCUT2D eigenvalue weighted by Gasteiger charge is -2.41. The largest absolute Gasteiger partial charge is 0.444 e. The van der Waals surface area contributed by atoms with Crippen LogP contribution in [0.5, 0.6) is 0 Å². The predicted octanol–water partition coefficient (Wildman–Crippen LogP) is 5.64. The monoisotopic (exact) mass is 800 g/mol. The van der Waals surface area contributed by atoms with Crippen LogP contribution in [0.1, 0.15) is 107 Å². The maximum Gasteiger partial charge on any atom is 0.411 e. The van der Waals surface area contributed by atoms with Crippen LogP contribution in [0.4, 0.5) is 4.79 Å². The summed E-state index contributed by atoms with van der Waals surface area (Å²) in [7, 11) is 4.86. The zero-order valence-electron chi connectivity index (χ0n) is 36.8. The average molecular weight is 800 g/mol. The van der Waals surface area contributed by atoms with Gasteiger partial charge in [-0.3, -0.25) is 24.1 Å². The lowest BCUT2D eigenvalue weighted by molar-refractivity contribution is -0.148. The predicted molar refractivity (Wildman–Crippen MR) is 222 cm³/mol. The summed E-state index contributed by atoms with van der Waals surface area (Å²) < 4.78 is 17.6. The number of carbonyl (C=O) groups excluding carboxylic acids is 5. The minimum atomic E-state index is -1.18. The number of nitrogens with zero attached hydrogens (tertiary/aromatic N) is 3. The lowest BCUT2D eigenvalue weighted by Crippen LogP contribution is -2.62. The Morgan fingerprint density at radius 1 is 0.947 bits per heavy atom. The molecular formula is C44H73N5O8. The third kappa shape index (κ3) is 12.4. The zero-order chi connectivity index (χ0) is 42.7. The molecule has 0 saturated carbocycles. The maximum atomic E-state index is 14.5. The molecule has 13 heteroatoms. The van der Waals surface area contributed by atoms with E-state index in [1.165, 1.54) is 4.90 Å². The zero-order valence-corrected chi connectivity index (χ0v) is 36.8. The van der Waals surface area contributed by atoms with Gasteiger partial charge in [0.05, 0.1) is 36.6 Å². The topological polar surface area (TPSA) is 147 Å². The van der Waals surface area contributed by atoms with Crippen LogP contribution in [0.3, 0.4) is 0 Å². The van der Waals surface area contributed by atoms with Crippen molar-refractivity contribution in [3.05, 3.63) is 36.5 Å². The Bertz CT molecular complexity index is 1460. The normalized spacial score (nSPS) is 23.1. The number of hydrogen-bond acceptors (Lipinski definition) is 8. The maximum absolute atomic E-state index is 14.5. The Morgan fingerprint density at radius 2 is 1.60 bits per heavy atom. The molecule has 2 saturated heterocycles. The van der Waals surface area contributed by atoms with Crippen molar-refractivity contribution in [1.29, 1.82) is 0 Å². The Hall–Kier alpha value is -3.71. The summed E-state index contributed by atoms with van der Waals surface area (Å²) in [6, 6.07) is -1.68. The van der Waals surface area contributed by atoms with Crippen LogP contribution in [0, 0.1) is 23.7 Å². The van der Waals surface area contributed by atoms with E-state index in [1.807, 2.05) is 63.8 Å². The molecule has 0 aromatic rings. The Balaban J connectivity index is 1.74. The van der Waals surface area contributed by atoms with Crippen LogP contribution in [0.25, 0.3) is 0 Å². The van der Waals surface area contributed by atoms with Crippen LogP contribution >= 0.6 is 0 Å². The first kappa shape index (κ1) is 47.7. The molecule has 0 spiro atoms. The molecule has 2 N–H and O–H groups in total. The molecule has 1 aliphatic carbocycles. The number of allylic oxidation sites excluding steroid dienone is 6. The fraction of sp³-hybridized carbons (Fsp3) is 0.750. The highest BCUT2D eigenvalue weighted by molar-refractivity contribution is 5.94. The molecule has 0 aromatic heterocycles. The number of methoxy groups -OCH3 is 2. The van der Waals surface area contributed by atoms with Gasteiger partial charge in [-0.15, -0.1) is 0 Å². The van der Waals surface area contributed by atoms with Crippen molar-refractivity contribution in [3.8, 4) is 0 Å². The van der Waals surface area contributed by atoms with Gasteiger partial charge < -0.3 is 34.6 Å². The van der Waals surface area contributed by atoms with E-state index in [-0.39, 0.29) is 47.9 Å². The second-order valence-corrected chi connectivity index (χ2v) is 17.7. The molecule has 3 rings (SSSR count). The molecule has 322 valence electrons. The molecule has 2 fully saturated rings. The summed E-state index contributed by atoms with van der Waals surface area (Å²) in [6.07, 6.45) is 14.6. The fourth-order valence-electron chi connectivity index (χ4n) is 8.47. The van der Waals surface area contributed by atoms with E-state index in [9.17, 15) is 24.0 Å². The summed E-state index contributed by atoms with van der Waals surface area (Å²) in [6.45, 7) is 18.2. The molecule has 13 nitrogen and oxygen atoms in total. The third-order valence-electron chi connectivity index (χ3n) is 12.0. The van der Waals surface area contributed by atoms with Crippen molar-refractivity contribution in [1.82, 2.24) is 25.3 Å². The van der Waals surface area contributed by atoms with Crippen LogP contribution < -0.4 is 10.6 Å². The van der Waals surface area contributed by atoms with Gasteiger partial charge >= 0.3 is 6.09 Å². The second-order valence-electron chi connectivity index (χ2n) is 17.7. The van der Waals surface area contributed by atoms with E-state index >= 15 is 0 Å². The molecule has 5 amide bonds. The van der Waals surface area contributed by atoms with E-state index in [0.717, 1.165) is 12.8 Å². The average Bonchev–Trinajstić information content (AvgIpc) is 3.72. The summed E-state index contributed by atoms with van der Waals surface area (Å²) in [5.41, 5.74) is -1.91. The van der Waals surface area contributed by atoms with E-state index in [2.05, 4.69) is 22.8 Å². The first-order valence-corrected chi connectivity index (χ1v) is 21.0. The summed E-state index contributed by atoms with van der Waals surface area (Å²) in [4.78, 5) is 74.1. The van der Waals surface area contributed by atoms with Crippen LogP contribution in [-0.4, -0.2) is 127 Å². The minimum absolute atomic E-state index is 0.0234. The summed E-state index contributed by atoms with van der Waals surface area (Å²) in [5.74, 6) is -1.53. The van der Waals surface area contributed by atoms with E-state index in [0.29, 0.717) is 45.3 Å². The van der Waals surface area contributed by atoms with Crippen LogP contribution in [0.15, 0.2) is 36.5 Å². The fourth-order valence-corrected chi connectivity index (χ4v) is 8.47. The number of carbonyl (C=O) groups is 5. The van der Waals surface area contributed by atoms with Crippen molar-refractivity contribution >= 4 is 29.7 Å². The third-order valence-corrected chi connectivity index (χ3v) is 12.0. The smallest absolute Gasteiger partial charge is 0.411 e. The number of hydrogen-bond donors (Lipinski definition) is 2. The summed E-state index contributed by atoms with van der Waals surface area (Å²) in [5, 5.41) is 6.08. The molecule has 57 heavy (non-hydrogen) atoms. The standard InChI is InChI=1S/C44H73N5O8/c1-13-30(4)37(47(10)40(52)36(29(2)3)46-41(53)44(9)24-19-27-49(44)42(54)57-43(6,7)8)34(55-11)28-35(50)48-26-18-22-33(48)38(56-12)31(5)39(51)45-25-23-32-20-16-14-15-17-21-32/h14-17,20-21,29-34,36-38H,13,18-19,22-28H2,1-12H3,(H,45,51)(H,46,53)/t30-,31+,33-,34?,36-,37-,38+,44-/m0/s1. The van der Waals surface area contributed by atoms with Crippen LogP contribution in [0.2, 0.25) is 0 Å². The van der Waals surface area contributed by atoms with Gasteiger partial charge in [-0.05, 0) is 77.6 Å². The van der Waals surface area contributed by atoms with Gasteiger partial charge in [-0.25, -0.2) is 4.79 Å². The number of amides is 5. The number of likely N-dealkylation sites (tertiary alicyclic amines) is 2. The number of likely N-dealkylation sites (N-methyl/N-ethyl adjacent to an activating group) is 1. The van der Waals surface area contributed by atoms with Gasteiger partial charge in [0.25, 0.3) is 0 Å². The van der Waals surface area contributed by atoms with Gasteiger partial charge in [0, 0.05) is 40.9 Å². The SMILES string of the molecule is CC[C@H](C)[C@@H](C(CC(=O)N1CCC[C@H]1[C@H](OC)[C@@H](C)C(=O)NCCC1C=CC=CC=C1)OC)N(C)C(=O)[C@@H](NC(=O)[C@]1(C)CCCN1C(=O)OC(C)(C)C)C(C)C. The highest BCUT2D eigenvalue weighted by Crippen LogP contribution is 2.33. The summed E-state index contributed by atoms with van der Waals surface area (Å²) >= 11 is 0. The van der Waals surface area contributed by atoms with Crippen molar-refractivity contribution in [2.75, 3.05) is 40.9 Å². The van der Waals surface area contributed by atoms with Gasteiger partial charge in [0.1, 0.15) is 17.2 Å². The highest BCUT2D eigenvalue weighted by Gasteiger charge is 2.49. The van der Waals surface area contributed by atoms with E-state index in [4.69, 9.17) is 14.2 Å². The second kappa shape index (κ2) is 21.3. The molecule has 3 aliphatic rings. The van der Waals surface area contributed by atoms with Crippen molar-refractivity contribution in [2.24, 2.45) is 23.7 Å². The molecule has 0 bridgehead atoms. The van der Waals surface area contributed by atoms with Gasteiger partial charge in [0.2, 0.25) is 23.6 Å². The van der Waals surface area contributed by atoms with Crippen LogP contribution in [-0.2, 0) is 33.4 Å². The van der Waals surface area contributed by atoms with Gasteiger partial charge in [-0.1, -0.05) is 77.5 Å². The Morgan fingerprint density at radius 3 is 2.16 bits per heavy atom. The quantitative estimate of drug-likeness (QED) is 0.181. The van der Waals surface area contributed by atoms with Gasteiger partial charge in [-0.2, -0.15) is 0 Å². The van der Waals surface area contributed by atoms with Crippen molar-refractivity contribution in [2.45, 2.75) is 149 Å². The number of ether oxygens (including phenoxy) is 3. The molecule has 2 heterocycles. The van der Waals surface area contributed by atoms with Gasteiger partial charge in [0.15, 0.2) is 0 Å². The molecule has 1 unspecified atom stereocenters. The first-order valence-electron chi connectivity index (χ1n) is 21.0. The van der Waals surface area contributed by atoms with E-state index < -0.39 is 53.3 Å². The first-order chi connectivity index (χ1) is 26.8. The molecule has 2 aliphatic heterocycles. The number of rotatable bonds is 18. The van der Waals surface area contributed by atoms with Crippen molar-refractivity contribution < 1.29 is 38.2 Å². The van der Waals surface area contributed by atoms with E-state index in [1.54, 1.807) is 53.9 Å². The lowest BCUT2D eigenvalue weighted by atomic mass is 9.89. The van der Waals surface area contributed by atoms with Crippen molar-refractivity contribution in [3.63, 3.8) is 0 Å². The Labute approximate surface area is 342 Å². The number of nitrogens with one attached hydrogen (secondary N) is 2. The molecular weight excluding hydrogens is 727 g/mol. The highest BCUT2D eigenvalue weighted by atomic mass is 16.6. The molecule has 8 atom stereocenters. The Kier molecular flexibility index (Phi) is 17.8. The molecule has 0 radical (unpaired) electrons.